The van der Waals surface area contributed by atoms with Crippen LogP contribution in [-0.2, 0) is 19.6 Å². The average Bonchev–Trinajstić information content (AvgIpc) is 3.39. The molecule has 3 aromatic carbocycles. The normalized spacial score (nSPS) is 14.0. The lowest BCUT2D eigenvalue weighted by atomic mass is 10.0. The molecule has 0 saturated carbocycles. The smallest absolute Gasteiger partial charge is 0.354 e. The molecule has 0 atom stereocenters. The number of nitrogens with zero attached hydrogens (tertiary/aromatic N) is 6. The second-order valence-electron chi connectivity index (χ2n) is 15.1. The van der Waals surface area contributed by atoms with Crippen molar-refractivity contribution in [2.45, 2.75) is 19.6 Å². The maximum atomic E-state index is 12.3. The minimum Gasteiger partial charge on any atom is -0.497 e. The number of aromatic carboxylic acids is 3. The molecule has 0 aliphatic carbocycles. The summed E-state index contributed by atoms with van der Waals surface area (Å²) in [6.07, 6.45) is 0. The van der Waals surface area contributed by atoms with Crippen LogP contribution < -0.4 is 14.2 Å². The molecule has 0 radical (unpaired) electrons. The van der Waals surface area contributed by atoms with Gasteiger partial charge in [-0.1, -0.05) is 36.4 Å². The Kier molecular flexibility index (Phi) is 14.0. The molecule has 0 bridgehead atoms. The fraction of sp³-hybridized carbons (Fsp3) is 0.250. The van der Waals surface area contributed by atoms with Crippen molar-refractivity contribution in [2.75, 3.05) is 60.6 Å². The third-order valence-corrected chi connectivity index (χ3v) is 10.9. The highest BCUT2D eigenvalue weighted by atomic mass is 16.5. The number of benzene rings is 3. The first-order valence-corrected chi connectivity index (χ1v) is 20.3. The number of hydrogen-bond donors (Lipinski definition) is 3. The van der Waals surface area contributed by atoms with Crippen molar-refractivity contribution in [1.82, 2.24) is 29.7 Å². The summed E-state index contributed by atoms with van der Waals surface area (Å²) in [5.41, 5.74) is 6.12. The fourth-order valence-corrected chi connectivity index (χ4v) is 7.53. The Morgan fingerprint density at radius 1 is 0.413 bits per heavy atom. The lowest BCUT2D eigenvalue weighted by Gasteiger charge is -2.26. The van der Waals surface area contributed by atoms with Crippen LogP contribution >= 0.6 is 0 Å². The maximum absolute atomic E-state index is 12.3. The van der Waals surface area contributed by atoms with Gasteiger partial charge in [-0.15, -0.1) is 0 Å². The molecule has 324 valence electrons. The van der Waals surface area contributed by atoms with Crippen LogP contribution in [0.25, 0.3) is 33.4 Å². The van der Waals surface area contributed by atoms with E-state index in [-0.39, 0.29) is 17.1 Å². The SMILES string of the molecule is COc1ccc(-c2cc(CN3CCN(Cc4cc(-c5ccc(OC)cc5)cc(C(=O)O)n4)CCN(Cc4cc(-c5ccc(OC)cc5)cc(C(=O)O)n4)CC3)nc(C(=O)O)c2)cc1. The molecule has 0 spiro atoms. The highest BCUT2D eigenvalue weighted by Crippen LogP contribution is 2.28. The number of carboxylic acids is 3. The first kappa shape index (κ1) is 43.9. The number of aromatic nitrogens is 3. The second kappa shape index (κ2) is 20.1. The summed E-state index contributed by atoms with van der Waals surface area (Å²) in [4.78, 5) is 57.2. The molecule has 1 aliphatic heterocycles. The molecule has 63 heavy (non-hydrogen) atoms. The molecular weight excluding hydrogens is 805 g/mol. The summed E-state index contributed by atoms with van der Waals surface area (Å²) in [5.74, 6) is -1.36. The van der Waals surface area contributed by atoms with Crippen LogP contribution in [0.5, 0.6) is 17.2 Å². The van der Waals surface area contributed by atoms with Gasteiger partial charge >= 0.3 is 17.9 Å². The van der Waals surface area contributed by atoms with Gasteiger partial charge in [-0.3, -0.25) is 14.7 Å². The number of rotatable bonds is 15. The molecule has 15 heteroatoms. The number of carbonyl (C=O) groups is 3. The highest BCUT2D eigenvalue weighted by molar-refractivity contribution is 5.88. The van der Waals surface area contributed by atoms with Crippen molar-refractivity contribution < 1.29 is 43.9 Å². The number of hydrogen-bond acceptors (Lipinski definition) is 12. The van der Waals surface area contributed by atoms with E-state index in [0.29, 0.717) is 110 Å². The predicted octanol–water partition coefficient (Wildman–Crippen LogP) is 6.81. The molecule has 6 aromatic rings. The van der Waals surface area contributed by atoms with Crippen LogP contribution in [0.4, 0.5) is 0 Å². The van der Waals surface area contributed by atoms with Gasteiger partial charge in [-0.05, 0) is 106 Å². The monoisotopic (exact) mass is 852 g/mol. The van der Waals surface area contributed by atoms with Crippen molar-refractivity contribution >= 4 is 17.9 Å². The molecule has 3 aromatic heterocycles. The summed E-state index contributed by atoms with van der Waals surface area (Å²) in [6, 6.07) is 32.6. The quantitative estimate of drug-likeness (QED) is 0.0977. The van der Waals surface area contributed by atoms with Crippen LogP contribution in [0.2, 0.25) is 0 Å². The number of methoxy groups -OCH3 is 3. The van der Waals surface area contributed by atoms with E-state index >= 15 is 0 Å². The van der Waals surface area contributed by atoms with Crippen molar-refractivity contribution in [1.29, 1.82) is 0 Å². The van der Waals surface area contributed by atoms with Crippen molar-refractivity contribution in [3.8, 4) is 50.6 Å². The number of ether oxygens (including phenoxy) is 3. The third-order valence-electron chi connectivity index (χ3n) is 10.9. The van der Waals surface area contributed by atoms with Crippen LogP contribution in [0.3, 0.4) is 0 Å². The molecule has 4 heterocycles. The van der Waals surface area contributed by atoms with E-state index < -0.39 is 17.9 Å². The maximum Gasteiger partial charge on any atom is 0.354 e. The minimum absolute atomic E-state index is 0.0695. The topological polar surface area (TPSA) is 188 Å². The summed E-state index contributed by atoms with van der Waals surface area (Å²) in [7, 11) is 4.76. The minimum atomic E-state index is -1.14. The number of carboxylic acid groups (broad SMARTS) is 3. The van der Waals surface area contributed by atoms with Crippen molar-refractivity contribution in [3.63, 3.8) is 0 Å². The Hall–Kier alpha value is -7.20. The highest BCUT2D eigenvalue weighted by Gasteiger charge is 2.22. The molecule has 0 amide bonds. The van der Waals surface area contributed by atoms with E-state index in [9.17, 15) is 29.7 Å². The molecule has 3 N–H and O–H groups in total. The van der Waals surface area contributed by atoms with E-state index in [1.807, 2.05) is 91.0 Å². The van der Waals surface area contributed by atoms with Gasteiger partial charge in [0.15, 0.2) is 0 Å². The van der Waals surface area contributed by atoms with E-state index in [2.05, 4.69) is 29.7 Å². The van der Waals surface area contributed by atoms with Gasteiger partial charge in [0, 0.05) is 58.9 Å². The standard InChI is InChI=1S/C48H48N6O9/c1-61-40-10-4-31(5-11-40)34-22-37(49-43(25-34)46(55)56)28-52-16-18-53(29-38-23-35(26-44(50-38)47(57)58)32-6-12-41(62-2)13-7-32)20-21-54(19-17-52)30-39-24-36(27-45(51-39)48(59)60)33-8-14-42(63-3)15-9-33/h4-15,22-27H,16-21,28-30H2,1-3H3,(H,55,56)(H,57,58)(H,59,60). The lowest BCUT2D eigenvalue weighted by Crippen LogP contribution is -2.36. The summed E-state index contributed by atoms with van der Waals surface area (Å²) < 4.78 is 16.0. The Labute approximate surface area is 364 Å². The Morgan fingerprint density at radius 2 is 0.651 bits per heavy atom. The predicted molar refractivity (Wildman–Crippen MR) is 235 cm³/mol. The van der Waals surface area contributed by atoms with E-state index in [1.165, 1.54) is 0 Å². The first-order valence-electron chi connectivity index (χ1n) is 20.3. The fourth-order valence-electron chi connectivity index (χ4n) is 7.53. The third kappa shape index (κ3) is 11.4. The molecule has 1 aliphatic rings. The molecular formula is C48H48N6O9. The van der Waals surface area contributed by atoms with Crippen LogP contribution in [-0.4, -0.2) is 123 Å². The number of pyridine rings is 3. The Bertz CT molecular complexity index is 2270. The van der Waals surface area contributed by atoms with Gasteiger partial charge in [0.1, 0.15) is 34.3 Å². The Morgan fingerprint density at radius 3 is 0.857 bits per heavy atom. The van der Waals surface area contributed by atoms with Crippen LogP contribution in [0, 0.1) is 0 Å². The van der Waals surface area contributed by atoms with Gasteiger partial charge in [0.25, 0.3) is 0 Å². The Balaban J connectivity index is 1.20. The molecule has 7 rings (SSSR count). The van der Waals surface area contributed by atoms with Gasteiger partial charge in [-0.2, -0.15) is 0 Å². The summed E-state index contributed by atoms with van der Waals surface area (Å²) in [5, 5.41) is 30.2. The largest absolute Gasteiger partial charge is 0.497 e. The van der Waals surface area contributed by atoms with Crippen molar-refractivity contribution in [2.24, 2.45) is 0 Å². The summed E-state index contributed by atoms with van der Waals surface area (Å²) in [6.45, 7) is 4.46. The molecule has 1 saturated heterocycles. The van der Waals surface area contributed by atoms with Gasteiger partial charge in [-0.25, -0.2) is 29.3 Å². The van der Waals surface area contributed by atoms with Crippen LogP contribution in [0.1, 0.15) is 48.5 Å². The lowest BCUT2D eigenvalue weighted by molar-refractivity contribution is 0.0679. The zero-order valence-corrected chi connectivity index (χ0v) is 35.2. The molecule has 1 fully saturated rings. The van der Waals surface area contributed by atoms with E-state index in [4.69, 9.17) is 14.2 Å². The average molecular weight is 853 g/mol. The van der Waals surface area contributed by atoms with Crippen molar-refractivity contribution in [3.05, 3.63) is 143 Å². The second-order valence-corrected chi connectivity index (χ2v) is 15.1. The van der Waals surface area contributed by atoms with E-state index in [0.717, 1.165) is 16.7 Å². The zero-order valence-electron chi connectivity index (χ0n) is 35.2. The summed E-state index contributed by atoms with van der Waals surface area (Å²) >= 11 is 0. The van der Waals surface area contributed by atoms with Crippen LogP contribution in [0.15, 0.2) is 109 Å². The van der Waals surface area contributed by atoms with Gasteiger partial charge in [0.05, 0.1) is 38.4 Å². The first-order chi connectivity index (χ1) is 30.5. The van der Waals surface area contributed by atoms with Gasteiger partial charge in [0.2, 0.25) is 0 Å². The molecule has 15 nitrogen and oxygen atoms in total. The zero-order chi connectivity index (χ0) is 44.5. The van der Waals surface area contributed by atoms with E-state index in [1.54, 1.807) is 39.5 Å². The molecule has 0 unspecified atom stereocenters. The van der Waals surface area contributed by atoms with Gasteiger partial charge < -0.3 is 29.5 Å².